The summed E-state index contributed by atoms with van der Waals surface area (Å²) in [5, 5.41) is 14.7. The van der Waals surface area contributed by atoms with E-state index < -0.39 is 6.10 Å². The summed E-state index contributed by atoms with van der Waals surface area (Å²) < 4.78 is 19.6. The van der Waals surface area contributed by atoms with E-state index in [2.05, 4.69) is 17.9 Å². The quantitative estimate of drug-likeness (QED) is 0.149. The van der Waals surface area contributed by atoms with Gasteiger partial charge in [-0.25, -0.2) is 0 Å². The van der Waals surface area contributed by atoms with Crippen LogP contribution in [0.5, 0.6) is 0 Å². The zero-order valence-electron chi connectivity index (χ0n) is 14.0. The normalized spacial score (nSPS) is 15.4. The molecule has 2 unspecified atom stereocenters. The van der Waals surface area contributed by atoms with E-state index in [9.17, 15) is 0 Å². The monoisotopic (exact) mass is 333 g/mol. The Hall–Kier alpha value is 0.200. The summed E-state index contributed by atoms with van der Waals surface area (Å²) in [7, 11) is 2.79. The molecule has 0 aliphatic carbocycles. The molecule has 0 bridgehead atoms. The van der Waals surface area contributed by atoms with Crippen LogP contribution < -0.4 is 29.6 Å². The predicted molar refractivity (Wildman–Crippen MR) is 81.1 cm³/mol. The zero-order chi connectivity index (χ0) is 15.6. The third kappa shape index (κ3) is 28.4. The van der Waals surface area contributed by atoms with Crippen molar-refractivity contribution in [2.45, 2.75) is 12.2 Å². The molecule has 4 N–H and O–H groups in total. The molecule has 1 aliphatic rings. The van der Waals surface area contributed by atoms with Crippen LogP contribution >= 0.6 is 0 Å². The largest absolute Gasteiger partial charge is 1.00 e. The number of methoxy groups -OCH3 is 1. The van der Waals surface area contributed by atoms with Gasteiger partial charge in [-0.05, 0) is 0 Å². The fraction of sp³-hybridized carbons (Fsp3) is 0.714. The Morgan fingerprint density at radius 2 is 1.73 bits per heavy atom. The number of hydrogen-bond donors (Lipinski definition) is 1. The minimum Gasteiger partial charge on any atom is -0.870 e. The Morgan fingerprint density at radius 1 is 1.23 bits per heavy atom. The van der Waals surface area contributed by atoms with Gasteiger partial charge in [-0.15, -0.1) is 13.2 Å². The van der Waals surface area contributed by atoms with Gasteiger partial charge in [0.15, 0.2) is 0 Å². The molecule has 1 rings (SSSR count). The average molecular weight is 333 g/mol. The maximum absolute atomic E-state index is 8.99. The van der Waals surface area contributed by atoms with Crippen molar-refractivity contribution in [3.05, 3.63) is 25.3 Å². The van der Waals surface area contributed by atoms with Gasteiger partial charge in [0.25, 0.3) is 0 Å². The molecule has 2 atom stereocenters. The van der Waals surface area contributed by atoms with Crippen LogP contribution in [0.1, 0.15) is 0 Å². The Balaban J connectivity index is -0.000000123. The molecule has 0 aromatic rings. The summed E-state index contributed by atoms with van der Waals surface area (Å²) in [5.74, 6) is 0. The van der Waals surface area contributed by atoms with Gasteiger partial charge in [0.05, 0.1) is 39.6 Å². The van der Waals surface area contributed by atoms with Gasteiger partial charge in [-0.3, -0.25) is 0 Å². The Labute approximate surface area is 155 Å². The van der Waals surface area contributed by atoms with E-state index in [0.29, 0.717) is 32.5 Å². The molecule has 1 fully saturated rings. The van der Waals surface area contributed by atoms with Crippen LogP contribution in [0.3, 0.4) is 0 Å². The number of aliphatic hydroxyl groups is 1. The number of ether oxygens (including phenoxy) is 4. The number of aliphatic hydroxyl groups excluding tert-OH is 1. The molecule has 1 aliphatic heterocycles. The van der Waals surface area contributed by atoms with E-state index in [1.165, 1.54) is 14.2 Å². The fourth-order valence-corrected chi connectivity index (χ4v) is 0.975. The number of rotatable bonds is 10. The van der Waals surface area contributed by atoms with Crippen molar-refractivity contribution in [2.75, 3.05) is 53.9 Å². The van der Waals surface area contributed by atoms with Gasteiger partial charge >= 0.3 is 29.6 Å². The van der Waals surface area contributed by atoms with Gasteiger partial charge in [-0.1, -0.05) is 12.2 Å². The van der Waals surface area contributed by atoms with E-state index in [1.54, 1.807) is 12.2 Å². The third-order valence-electron chi connectivity index (χ3n) is 1.85. The molecule has 128 valence electrons. The van der Waals surface area contributed by atoms with Crippen LogP contribution in [-0.4, -0.2) is 81.8 Å². The second-order valence-electron chi connectivity index (χ2n) is 3.72. The van der Waals surface area contributed by atoms with Crippen molar-refractivity contribution >= 4 is 0 Å². The standard InChI is InChI=1S/C7H14O3.C6H10O2.CH4O.Na.H2O/c1-3-4-10-6-7(8)5-9-2;1-2-3-7-4-6-5-8-6;1-2;;/h3,7-8H,1,4-6H2,2H3;2,6H,1,3-5H2;2H,1H3;;1H2/q;;;+1;. The second-order valence-corrected chi connectivity index (χ2v) is 3.72. The van der Waals surface area contributed by atoms with Gasteiger partial charge < -0.3 is 34.6 Å². The van der Waals surface area contributed by atoms with Crippen LogP contribution in [0.4, 0.5) is 0 Å². The second kappa shape index (κ2) is 26.1. The minimum atomic E-state index is -0.523. The first kappa shape index (κ1) is 30.1. The van der Waals surface area contributed by atoms with Crippen LogP contribution in [0.25, 0.3) is 0 Å². The zero-order valence-corrected chi connectivity index (χ0v) is 16.0. The van der Waals surface area contributed by atoms with Crippen LogP contribution in [0.15, 0.2) is 25.3 Å². The fourth-order valence-electron chi connectivity index (χ4n) is 0.975. The summed E-state index contributed by atoms with van der Waals surface area (Å²) in [6.07, 6.45) is 3.24. The Bertz CT molecular complexity index is 213. The van der Waals surface area contributed by atoms with Crippen LogP contribution in [-0.2, 0) is 18.9 Å². The van der Waals surface area contributed by atoms with Gasteiger partial charge in [0.1, 0.15) is 19.3 Å². The summed E-state index contributed by atoms with van der Waals surface area (Å²) in [4.78, 5) is 0. The van der Waals surface area contributed by atoms with Crippen LogP contribution in [0, 0.1) is 0 Å². The molecule has 0 amide bonds. The molecule has 0 spiro atoms. The molecule has 22 heavy (non-hydrogen) atoms. The molecule has 0 saturated carbocycles. The number of hydrogen-bond acceptors (Lipinski definition) is 6. The SMILES string of the molecule is C=CCOCC(O)COC.C=CCOCC1CO1.C[OH2+].[Na+].[OH-]. The number of epoxide rings is 1. The van der Waals surface area contributed by atoms with Gasteiger partial charge in [0.2, 0.25) is 0 Å². The summed E-state index contributed by atoms with van der Waals surface area (Å²) in [5.41, 5.74) is 0. The maximum Gasteiger partial charge on any atom is 1.00 e. The van der Waals surface area contributed by atoms with Crippen molar-refractivity contribution < 1.29 is 64.2 Å². The van der Waals surface area contributed by atoms with E-state index in [-0.39, 0.29) is 35.0 Å². The summed E-state index contributed by atoms with van der Waals surface area (Å²) in [6, 6.07) is 0. The average Bonchev–Trinajstić information content (AvgIpc) is 3.27. The first-order valence-electron chi connectivity index (χ1n) is 6.40. The smallest absolute Gasteiger partial charge is 0.870 e. The van der Waals surface area contributed by atoms with Gasteiger partial charge in [-0.2, -0.15) is 0 Å². The molecule has 0 aromatic heterocycles. The van der Waals surface area contributed by atoms with Gasteiger partial charge in [0, 0.05) is 7.11 Å². The van der Waals surface area contributed by atoms with Crippen molar-refractivity contribution in [1.29, 1.82) is 0 Å². The topological polar surface area (TPSA) is 113 Å². The van der Waals surface area contributed by atoms with Crippen molar-refractivity contribution in [3.8, 4) is 0 Å². The molecule has 8 heteroatoms. The van der Waals surface area contributed by atoms with E-state index in [4.69, 9.17) is 24.4 Å². The summed E-state index contributed by atoms with van der Waals surface area (Å²) >= 11 is 0. The van der Waals surface area contributed by atoms with Crippen molar-refractivity contribution in [1.82, 2.24) is 0 Å². The van der Waals surface area contributed by atoms with Crippen molar-refractivity contribution in [3.63, 3.8) is 0 Å². The Morgan fingerprint density at radius 3 is 2.14 bits per heavy atom. The molecule has 7 nitrogen and oxygen atoms in total. The molecule has 1 heterocycles. The predicted octanol–water partition coefficient (Wildman–Crippen LogP) is -3.05. The van der Waals surface area contributed by atoms with Crippen LogP contribution in [0.2, 0.25) is 0 Å². The maximum atomic E-state index is 8.99. The minimum absolute atomic E-state index is 0. The van der Waals surface area contributed by atoms with E-state index >= 15 is 0 Å². The first-order valence-corrected chi connectivity index (χ1v) is 6.40. The van der Waals surface area contributed by atoms with Crippen molar-refractivity contribution in [2.24, 2.45) is 0 Å². The first-order chi connectivity index (χ1) is 9.74. The van der Waals surface area contributed by atoms with E-state index in [1.807, 2.05) is 0 Å². The molecular weight excluding hydrogens is 303 g/mol. The Kier molecular flexibility index (Phi) is 35.8. The van der Waals surface area contributed by atoms with E-state index in [0.717, 1.165) is 13.2 Å². The summed E-state index contributed by atoms with van der Waals surface area (Å²) in [6.45, 7) is 10.3. The molecular formula is C14H30NaO7+. The molecule has 0 radical (unpaired) electrons. The molecule has 1 saturated heterocycles. The third-order valence-corrected chi connectivity index (χ3v) is 1.85. The molecule has 0 aromatic carbocycles.